The molecular weight excluding hydrogens is 290 g/mol. The van der Waals surface area contributed by atoms with Crippen molar-refractivity contribution >= 4 is 27.9 Å². The fourth-order valence-electron chi connectivity index (χ4n) is 2.23. The highest BCUT2D eigenvalue weighted by molar-refractivity contribution is 7.17. The average molecular weight is 309 g/mol. The molecule has 8 heteroatoms. The lowest BCUT2D eigenvalue weighted by atomic mass is 10.2. The quantitative estimate of drug-likeness (QED) is 0.656. The molecule has 2 heterocycles. The molecule has 114 valence electrons. The molecule has 1 saturated heterocycles. The first-order valence-electron chi connectivity index (χ1n) is 6.79. The Balaban J connectivity index is 1.88. The van der Waals surface area contributed by atoms with E-state index in [1.807, 2.05) is 6.07 Å². The molecule has 1 aromatic heterocycles. The van der Waals surface area contributed by atoms with Gasteiger partial charge in [-0.1, -0.05) is 0 Å². The molecule has 1 aliphatic heterocycles. The van der Waals surface area contributed by atoms with Crippen molar-refractivity contribution in [3.8, 4) is 6.07 Å². The van der Waals surface area contributed by atoms with Gasteiger partial charge in [-0.2, -0.15) is 5.26 Å². The summed E-state index contributed by atoms with van der Waals surface area (Å²) >= 11 is 1.17. The van der Waals surface area contributed by atoms with E-state index in [0.717, 1.165) is 39.3 Å². The van der Waals surface area contributed by atoms with E-state index in [-0.39, 0.29) is 11.3 Å². The molecule has 0 atom stereocenters. The van der Waals surface area contributed by atoms with E-state index in [9.17, 15) is 4.79 Å². The minimum absolute atomic E-state index is 0.172. The highest BCUT2D eigenvalue weighted by atomic mass is 32.1. The largest absolute Gasteiger partial charge is 0.396 e. The molecule has 21 heavy (non-hydrogen) atoms. The number of hydrogen-bond acceptors (Lipinski definition) is 7. The van der Waals surface area contributed by atoms with Crippen LogP contribution in [0, 0.1) is 11.3 Å². The van der Waals surface area contributed by atoms with Crippen molar-refractivity contribution in [3.05, 3.63) is 10.4 Å². The zero-order valence-corrected chi connectivity index (χ0v) is 12.5. The van der Waals surface area contributed by atoms with Crippen LogP contribution in [0.1, 0.15) is 21.7 Å². The van der Waals surface area contributed by atoms with Crippen LogP contribution in [-0.2, 0) is 4.74 Å². The lowest BCUT2D eigenvalue weighted by Gasteiger charge is -2.26. The predicted octanol–water partition coefficient (Wildman–Crippen LogP) is 0.435. The summed E-state index contributed by atoms with van der Waals surface area (Å²) in [6.45, 7) is 5.14. The lowest BCUT2D eigenvalue weighted by molar-refractivity contribution is 0.0378. The van der Waals surface area contributed by atoms with Crippen LogP contribution < -0.4 is 16.8 Å². The molecule has 0 unspecified atom stereocenters. The highest BCUT2D eigenvalue weighted by Crippen LogP contribution is 2.34. The summed E-state index contributed by atoms with van der Waals surface area (Å²) in [7, 11) is 0. The van der Waals surface area contributed by atoms with Crippen molar-refractivity contribution in [3.63, 3.8) is 0 Å². The Morgan fingerprint density at radius 2 is 2.19 bits per heavy atom. The summed E-state index contributed by atoms with van der Waals surface area (Å²) in [6.07, 6.45) is 0.928. The van der Waals surface area contributed by atoms with E-state index in [1.165, 1.54) is 11.3 Å². The maximum absolute atomic E-state index is 11.4. The minimum atomic E-state index is -0.610. The molecule has 1 fully saturated rings. The van der Waals surface area contributed by atoms with E-state index in [0.29, 0.717) is 16.4 Å². The number of nitrogens with one attached hydrogen (secondary N) is 1. The molecule has 0 saturated carbocycles. The number of nitrogen functional groups attached to an aromatic ring is 1. The topological polar surface area (TPSA) is 117 Å². The molecule has 1 aromatic rings. The van der Waals surface area contributed by atoms with Crippen molar-refractivity contribution in [1.82, 2.24) is 4.90 Å². The number of morpholine rings is 1. The summed E-state index contributed by atoms with van der Waals surface area (Å²) in [5.74, 6) is -0.610. The zero-order chi connectivity index (χ0) is 15.2. The number of rotatable bonds is 6. The highest BCUT2D eigenvalue weighted by Gasteiger charge is 2.19. The van der Waals surface area contributed by atoms with Gasteiger partial charge >= 0.3 is 0 Å². The van der Waals surface area contributed by atoms with Gasteiger partial charge in [0.05, 0.1) is 24.5 Å². The average Bonchev–Trinajstić information content (AvgIpc) is 2.81. The number of thiophene rings is 1. The Morgan fingerprint density at radius 3 is 2.81 bits per heavy atom. The van der Waals surface area contributed by atoms with Gasteiger partial charge in [-0.05, 0) is 13.0 Å². The van der Waals surface area contributed by atoms with Gasteiger partial charge in [0.25, 0.3) is 5.91 Å². The Labute approximate surface area is 127 Å². The third-order valence-corrected chi connectivity index (χ3v) is 4.40. The predicted molar refractivity (Wildman–Crippen MR) is 82.3 cm³/mol. The Hall–Kier alpha value is -1.82. The Bertz CT molecular complexity index is 545. The summed E-state index contributed by atoms with van der Waals surface area (Å²) in [6, 6.07) is 1.98. The number of nitrogens with zero attached hydrogens (tertiary/aromatic N) is 2. The molecule has 0 spiro atoms. The normalized spacial score (nSPS) is 15.6. The number of ether oxygens (including phenoxy) is 1. The fourth-order valence-corrected chi connectivity index (χ4v) is 3.17. The van der Waals surface area contributed by atoms with Crippen LogP contribution >= 0.6 is 11.3 Å². The number of carbonyl (C=O) groups is 1. The monoisotopic (exact) mass is 309 g/mol. The van der Waals surface area contributed by atoms with Gasteiger partial charge in [0.1, 0.15) is 15.9 Å². The van der Waals surface area contributed by atoms with Crippen LogP contribution in [0.5, 0.6) is 0 Å². The number of hydrogen-bond donors (Lipinski definition) is 3. The van der Waals surface area contributed by atoms with Crippen molar-refractivity contribution in [2.24, 2.45) is 5.73 Å². The van der Waals surface area contributed by atoms with Crippen LogP contribution in [0.15, 0.2) is 0 Å². The van der Waals surface area contributed by atoms with Gasteiger partial charge in [0.2, 0.25) is 0 Å². The van der Waals surface area contributed by atoms with E-state index < -0.39 is 5.91 Å². The number of carbonyl (C=O) groups excluding carboxylic acids is 1. The van der Waals surface area contributed by atoms with E-state index in [2.05, 4.69) is 10.2 Å². The number of anilines is 2. The first-order chi connectivity index (χ1) is 10.1. The lowest BCUT2D eigenvalue weighted by Crippen LogP contribution is -2.37. The molecule has 5 N–H and O–H groups in total. The molecule has 0 aromatic carbocycles. The van der Waals surface area contributed by atoms with Gasteiger partial charge in [-0.3, -0.25) is 9.69 Å². The Kier molecular flexibility index (Phi) is 5.38. The maximum Gasteiger partial charge on any atom is 0.253 e. The van der Waals surface area contributed by atoms with Crippen LogP contribution in [0.4, 0.5) is 10.7 Å². The van der Waals surface area contributed by atoms with E-state index in [4.69, 9.17) is 21.5 Å². The standard InChI is InChI=1S/C13H19N5O2S/c14-8-9-11(15)10(12(16)19)13(21-9)17-2-1-3-18-4-6-20-7-5-18/h17H,1-7,15H2,(H2,16,19). The molecule has 0 bridgehead atoms. The van der Waals surface area contributed by atoms with E-state index >= 15 is 0 Å². The van der Waals surface area contributed by atoms with E-state index in [1.54, 1.807) is 0 Å². The molecular formula is C13H19N5O2S. The van der Waals surface area contributed by atoms with Crippen LogP contribution in [0.25, 0.3) is 0 Å². The van der Waals surface area contributed by atoms with Crippen molar-refractivity contribution < 1.29 is 9.53 Å². The minimum Gasteiger partial charge on any atom is -0.396 e. The summed E-state index contributed by atoms with van der Waals surface area (Å²) < 4.78 is 5.29. The Morgan fingerprint density at radius 1 is 1.48 bits per heavy atom. The second kappa shape index (κ2) is 7.26. The first kappa shape index (κ1) is 15.6. The van der Waals surface area contributed by atoms with Crippen LogP contribution in [0.2, 0.25) is 0 Å². The smallest absolute Gasteiger partial charge is 0.253 e. The third kappa shape index (κ3) is 3.85. The summed E-state index contributed by atoms with van der Waals surface area (Å²) in [4.78, 5) is 14.1. The second-order valence-corrected chi connectivity index (χ2v) is 5.78. The van der Waals surface area contributed by atoms with Gasteiger partial charge < -0.3 is 21.5 Å². The fraction of sp³-hybridized carbons (Fsp3) is 0.538. The second-order valence-electron chi connectivity index (χ2n) is 4.76. The summed E-state index contributed by atoms with van der Waals surface area (Å²) in [5.41, 5.74) is 11.5. The van der Waals surface area contributed by atoms with Crippen molar-refractivity contribution in [1.29, 1.82) is 5.26 Å². The molecule has 1 amide bonds. The van der Waals surface area contributed by atoms with Crippen molar-refractivity contribution in [2.75, 3.05) is 50.4 Å². The molecule has 7 nitrogen and oxygen atoms in total. The molecule has 0 radical (unpaired) electrons. The van der Waals surface area contributed by atoms with Crippen LogP contribution in [0.3, 0.4) is 0 Å². The number of nitriles is 1. The van der Waals surface area contributed by atoms with Gasteiger partial charge in [0, 0.05) is 19.6 Å². The van der Waals surface area contributed by atoms with Crippen molar-refractivity contribution in [2.45, 2.75) is 6.42 Å². The zero-order valence-electron chi connectivity index (χ0n) is 11.7. The molecule has 2 rings (SSSR count). The van der Waals surface area contributed by atoms with Gasteiger partial charge in [-0.15, -0.1) is 11.3 Å². The molecule has 1 aliphatic rings. The number of amides is 1. The number of nitrogens with two attached hydrogens (primary N) is 2. The summed E-state index contributed by atoms with van der Waals surface area (Å²) in [5, 5.41) is 12.7. The number of primary amides is 1. The van der Waals surface area contributed by atoms with Crippen LogP contribution in [-0.4, -0.2) is 50.2 Å². The third-order valence-electron chi connectivity index (χ3n) is 3.33. The van der Waals surface area contributed by atoms with Gasteiger partial charge in [-0.25, -0.2) is 0 Å². The first-order valence-corrected chi connectivity index (χ1v) is 7.61. The molecule has 0 aliphatic carbocycles. The SMILES string of the molecule is N#Cc1sc(NCCCN2CCOCC2)c(C(N)=O)c1N. The van der Waals surface area contributed by atoms with Gasteiger partial charge in [0.15, 0.2) is 0 Å². The maximum atomic E-state index is 11.4.